The lowest BCUT2D eigenvalue weighted by Crippen LogP contribution is -2.25. The van der Waals surface area contributed by atoms with Crippen LogP contribution in [-0.2, 0) is 0 Å². The molecular formula is C17H27NS. The molecule has 0 saturated carbocycles. The topological polar surface area (TPSA) is 12.0 Å². The first-order valence-corrected chi connectivity index (χ1v) is 8.74. The average Bonchev–Trinajstić information content (AvgIpc) is 2.43. The maximum Gasteiger partial charge on any atom is 0.0322 e. The fourth-order valence-electron chi connectivity index (χ4n) is 2.88. The van der Waals surface area contributed by atoms with Crippen molar-refractivity contribution in [1.82, 2.24) is 5.32 Å². The Kier molecular flexibility index (Phi) is 5.77. The zero-order valence-electron chi connectivity index (χ0n) is 12.5. The van der Waals surface area contributed by atoms with Crippen LogP contribution in [-0.4, -0.2) is 18.1 Å². The summed E-state index contributed by atoms with van der Waals surface area (Å²) < 4.78 is 0. The van der Waals surface area contributed by atoms with Crippen LogP contribution in [0.1, 0.15) is 48.9 Å². The van der Waals surface area contributed by atoms with Crippen LogP contribution < -0.4 is 5.32 Å². The molecule has 0 amide bonds. The van der Waals surface area contributed by atoms with Gasteiger partial charge in [-0.3, -0.25) is 0 Å². The number of aryl methyl sites for hydroxylation is 2. The molecule has 0 radical (unpaired) electrons. The summed E-state index contributed by atoms with van der Waals surface area (Å²) in [6.45, 7) is 7.68. The molecule has 1 aromatic rings. The second kappa shape index (κ2) is 7.35. The number of nitrogens with one attached hydrogen (secondary N) is 1. The number of hydrogen-bond acceptors (Lipinski definition) is 2. The summed E-state index contributed by atoms with van der Waals surface area (Å²) in [5.41, 5.74) is 4.29. The first-order valence-electron chi connectivity index (χ1n) is 7.59. The van der Waals surface area contributed by atoms with E-state index in [0.717, 1.165) is 12.5 Å². The standard InChI is InChI=1S/C17H27NS/c1-4-18-17(12-15-7-9-19-10-8-15)16-6-5-13(2)14(3)11-16/h5-6,11,15,17-18H,4,7-10,12H2,1-3H3. The second-order valence-corrected chi connectivity index (χ2v) is 6.97. The van der Waals surface area contributed by atoms with E-state index in [2.05, 4.69) is 56.0 Å². The molecule has 1 unspecified atom stereocenters. The Balaban J connectivity index is 2.07. The molecule has 1 atom stereocenters. The molecule has 1 nitrogen and oxygen atoms in total. The molecule has 1 aliphatic heterocycles. The summed E-state index contributed by atoms with van der Waals surface area (Å²) in [5, 5.41) is 3.69. The summed E-state index contributed by atoms with van der Waals surface area (Å²) in [6, 6.07) is 7.50. The van der Waals surface area contributed by atoms with Crippen LogP contribution in [0.5, 0.6) is 0 Å². The molecule has 0 aliphatic carbocycles. The monoisotopic (exact) mass is 277 g/mol. The van der Waals surface area contributed by atoms with Crippen LogP contribution >= 0.6 is 11.8 Å². The van der Waals surface area contributed by atoms with E-state index in [-0.39, 0.29) is 0 Å². The number of hydrogen-bond donors (Lipinski definition) is 1. The van der Waals surface area contributed by atoms with Gasteiger partial charge in [-0.1, -0.05) is 25.1 Å². The Morgan fingerprint density at radius 1 is 1.21 bits per heavy atom. The molecule has 0 spiro atoms. The van der Waals surface area contributed by atoms with Crippen molar-refractivity contribution >= 4 is 11.8 Å². The number of benzene rings is 1. The Labute approximate surface area is 122 Å². The number of thioether (sulfide) groups is 1. The van der Waals surface area contributed by atoms with E-state index in [0.29, 0.717) is 6.04 Å². The van der Waals surface area contributed by atoms with E-state index in [1.165, 1.54) is 47.5 Å². The van der Waals surface area contributed by atoms with E-state index in [9.17, 15) is 0 Å². The van der Waals surface area contributed by atoms with Crippen LogP contribution in [0.3, 0.4) is 0 Å². The highest BCUT2D eigenvalue weighted by Crippen LogP contribution is 2.31. The molecule has 1 aromatic carbocycles. The van der Waals surface area contributed by atoms with E-state index >= 15 is 0 Å². The predicted octanol–water partition coefficient (Wildman–Crippen LogP) is 4.49. The van der Waals surface area contributed by atoms with Crippen molar-refractivity contribution in [2.75, 3.05) is 18.1 Å². The molecule has 2 rings (SSSR count). The van der Waals surface area contributed by atoms with Crippen molar-refractivity contribution < 1.29 is 0 Å². The number of rotatable bonds is 5. The minimum absolute atomic E-state index is 0.539. The van der Waals surface area contributed by atoms with Crippen molar-refractivity contribution in [3.8, 4) is 0 Å². The summed E-state index contributed by atoms with van der Waals surface area (Å²) >= 11 is 2.12. The quantitative estimate of drug-likeness (QED) is 0.851. The largest absolute Gasteiger partial charge is 0.310 e. The maximum atomic E-state index is 3.69. The molecule has 0 bridgehead atoms. The van der Waals surface area contributed by atoms with E-state index in [1.54, 1.807) is 0 Å². The van der Waals surface area contributed by atoms with Crippen LogP contribution in [0.15, 0.2) is 18.2 Å². The van der Waals surface area contributed by atoms with Gasteiger partial charge in [-0.25, -0.2) is 0 Å². The lowest BCUT2D eigenvalue weighted by atomic mass is 9.89. The zero-order valence-corrected chi connectivity index (χ0v) is 13.4. The Bertz CT molecular complexity index is 396. The molecule has 0 aromatic heterocycles. The summed E-state index contributed by atoms with van der Waals surface area (Å²) in [6.07, 6.45) is 4.10. The molecule has 106 valence electrons. The van der Waals surface area contributed by atoms with Gasteiger partial charge in [-0.05, 0) is 73.8 Å². The van der Waals surface area contributed by atoms with Gasteiger partial charge < -0.3 is 5.32 Å². The highest BCUT2D eigenvalue weighted by Gasteiger charge is 2.20. The molecular weight excluding hydrogens is 250 g/mol. The van der Waals surface area contributed by atoms with E-state index in [1.807, 2.05) is 0 Å². The van der Waals surface area contributed by atoms with Crippen LogP contribution in [0.25, 0.3) is 0 Å². The predicted molar refractivity (Wildman–Crippen MR) is 87.0 cm³/mol. The average molecular weight is 277 g/mol. The third kappa shape index (κ3) is 4.25. The molecule has 1 fully saturated rings. The van der Waals surface area contributed by atoms with Gasteiger partial charge in [0, 0.05) is 6.04 Å². The highest BCUT2D eigenvalue weighted by molar-refractivity contribution is 7.99. The van der Waals surface area contributed by atoms with Gasteiger partial charge >= 0.3 is 0 Å². The third-order valence-electron chi connectivity index (χ3n) is 4.29. The van der Waals surface area contributed by atoms with Crippen LogP contribution in [0, 0.1) is 19.8 Å². The van der Waals surface area contributed by atoms with Gasteiger partial charge in [0.05, 0.1) is 0 Å². The second-order valence-electron chi connectivity index (χ2n) is 5.75. The lowest BCUT2D eigenvalue weighted by Gasteiger charge is -2.27. The smallest absolute Gasteiger partial charge is 0.0322 e. The molecule has 1 saturated heterocycles. The first-order chi connectivity index (χ1) is 9.20. The Hall–Kier alpha value is -0.470. The minimum Gasteiger partial charge on any atom is -0.310 e. The Morgan fingerprint density at radius 2 is 1.95 bits per heavy atom. The molecule has 1 aliphatic rings. The fourth-order valence-corrected chi connectivity index (χ4v) is 4.08. The SMILES string of the molecule is CCNC(CC1CCSCC1)c1ccc(C)c(C)c1. The highest BCUT2D eigenvalue weighted by atomic mass is 32.2. The first kappa shape index (κ1) is 14.9. The summed E-state index contributed by atoms with van der Waals surface area (Å²) in [7, 11) is 0. The van der Waals surface area contributed by atoms with Crippen molar-refractivity contribution in [3.63, 3.8) is 0 Å². The van der Waals surface area contributed by atoms with E-state index < -0.39 is 0 Å². The van der Waals surface area contributed by atoms with Crippen molar-refractivity contribution in [2.45, 2.75) is 46.1 Å². The van der Waals surface area contributed by atoms with Gasteiger partial charge in [0.1, 0.15) is 0 Å². The van der Waals surface area contributed by atoms with Crippen molar-refractivity contribution in [2.24, 2.45) is 5.92 Å². The summed E-state index contributed by atoms with van der Waals surface area (Å²) in [5.74, 6) is 3.62. The van der Waals surface area contributed by atoms with E-state index in [4.69, 9.17) is 0 Å². The van der Waals surface area contributed by atoms with Gasteiger partial charge in [0.2, 0.25) is 0 Å². The van der Waals surface area contributed by atoms with Crippen molar-refractivity contribution in [3.05, 3.63) is 34.9 Å². The summed E-state index contributed by atoms with van der Waals surface area (Å²) in [4.78, 5) is 0. The molecule has 1 heterocycles. The third-order valence-corrected chi connectivity index (χ3v) is 5.34. The van der Waals surface area contributed by atoms with Crippen LogP contribution in [0.2, 0.25) is 0 Å². The van der Waals surface area contributed by atoms with Gasteiger partial charge in [-0.15, -0.1) is 0 Å². The zero-order chi connectivity index (χ0) is 13.7. The maximum absolute atomic E-state index is 3.69. The minimum atomic E-state index is 0.539. The van der Waals surface area contributed by atoms with Gasteiger partial charge in [0.15, 0.2) is 0 Å². The fraction of sp³-hybridized carbons (Fsp3) is 0.647. The molecule has 2 heteroatoms. The van der Waals surface area contributed by atoms with Gasteiger partial charge in [-0.2, -0.15) is 11.8 Å². The molecule has 19 heavy (non-hydrogen) atoms. The van der Waals surface area contributed by atoms with Gasteiger partial charge in [0.25, 0.3) is 0 Å². The van der Waals surface area contributed by atoms with Crippen molar-refractivity contribution in [1.29, 1.82) is 0 Å². The van der Waals surface area contributed by atoms with Crippen LogP contribution in [0.4, 0.5) is 0 Å². The lowest BCUT2D eigenvalue weighted by molar-refractivity contribution is 0.374. The Morgan fingerprint density at radius 3 is 2.58 bits per heavy atom. The molecule has 1 N–H and O–H groups in total. The normalized spacial score (nSPS) is 18.5.